The standard InChI is InChI=1S/C18H24N4O3/c1-14-8-10-15(11-9-14)22-13-16(20-21-22)18(25)19-12-6-4-2-3-5-7-17(23)24/h8-11,13H,2-7,12H2,1H3,(H,19,25)(H,23,24). The SMILES string of the molecule is Cc1ccc(-n2cc(C(=O)NCCCCCCCC(=O)O)nn2)cc1. The zero-order valence-electron chi connectivity index (χ0n) is 14.4. The number of hydrogen-bond acceptors (Lipinski definition) is 4. The first kappa shape index (κ1) is 18.6. The average Bonchev–Trinajstić information content (AvgIpc) is 3.07. The molecule has 0 saturated carbocycles. The van der Waals surface area contributed by atoms with Gasteiger partial charge < -0.3 is 10.4 Å². The Morgan fingerprint density at radius 3 is 2.48 bits per heavy atom. The van der Waals surface area contributed by atoms with E-state index in [4.69, 9.17) is 5.11 Å². The molecule has 25 heavy (non-hydrogen) atoms. The van der Waals surface area contributed by atoms with Gasteiger partial charge in [0, 0.05) is 13.0 Å². The maximum Gasteiger partial charge on any atom is 0.303 e. The number of aryl methyl sites for hydroxylation is 1. The molecule has 0 fully saturated rings. The van der Waals surface area contributed by atoms with Crippen molar-refractivity contribution in [1.29, 1.82) is 0 Å². The molecule has 0 radical (unpaired) electrons. The highest BCUT2D eigenvalue weighted by molar-refractivity contribution is 5.91. The summed E-state index contributed by atoms with van der Waals surface area (Å²) in [4.78, 5) is 22.5. The van der Waals surface area contributed by atoms with Crippen LogP contribution in [0, 0.1) is 6.92 Å². The summed E-state index contributed by atoms with van der Waals surface area (Å²) in [6.45, 7) is 2.59. The zero-order valence-corrected chi connectivity index (χ0v) is 14.4. The monoisotopic (exact) mass is 344 g/mol. The molecular weight excluding hydrogens is 320 g/mol. The average molecular weight is 344 g/mol. The Bertz CT molecular complexity index is 695. The third-order valence-corrected chi connectivity index (χ3v) is 3.88. The number of unbranched alkanes of at least 4 members (excludes halogenated alkanes) is 4. The van der Waals surface area contributed by atoms with Crippen molar-refractivity contribution < 1.29 is 14.7 Å². The molecule has 2 aromatic rings. The quantitative estimate of drug-likeness (QED) is 0.646. The fraction of sp³-hybridized carbons (Fsp3) is 0.444. The summed E-state index contributed by atoms with van der Waals surface area (Å²) in [5.41, 5.74) is 2.31. The van der Waals surface area contributed by atoms with E-state index in [1.54, 1.807) is 10.9 Å². The number of carboxylic acids is 1. The second kappa shape index (κ2) is 9.56. The molecule has 0 spiro atoms. The van der Waals surface area contributed by atoms with E-state index in [-0.39, 0.29) is 12.3 Å². The minimum absolute atomic E-state index is 0.230. The van der Waals surface area contributed by atoms with Gasteiger partial charge in [-0.1, -0.05) is 42.2 Å². The highest BCUT2D eigenvalue weighted by Crippen LogP contribution is 2.08. The number of benzene rings is 1. The second-order valence-electron chi connectivity index (χ2n) is 6.05. The van der Waals surface area contributed by atoms with E-state index in [1.165, 1.54) is 0 Å². The molecule has 7 nitrogen and oxygen atoms in total. The van der Waals surface area contributed by atoms with E-state index in [9.17, 15) is 9.59 Å². The number of carbonyl (C=O) groups is 2. The molecule has 1 aromatic heterocycles. The van der Waals surface area contributed by atoms with Crippen molar-refractivity contribution in [3.8, 4) is 5.69 Å². The Morgan fingerprint density at radius 1 is 1.08 bits per heavy atom. The molecule has 0 saturated heterocycles. The summed E-state index contributed by atoms with van der Waals surface area (Å²) >= 11 is 0. The number of nitrogens with zero attached hydrogens (tertiary/aromatic N) is 3. The third kappa shape index (κ3) is 6.37. The molecule has 2 rings (SSSR count). The minimum Gasteiger partial charge on any atom is -0.481 e. The predicted molar refractivity (Wildman–Crippen MR) is 93.8 cm³/mol. The van der Waals surface area contributed by atoms with Crippen LogP contribution in [-0.4, -0.2) is 38.5 Å². The lowest BCUT2D eigenvalue weighted by molar-refractivity contribution is -0.137. The Hall–Kier alpha value is -2.70. The topological polar surface area (TPSA) is 97.1 Å². The fourth-order valence-electron chi connectivity index (χ4n) is 2.42. The highest BCUT2D eigenvalue weighted by atomic mass is 16.4. The lowest BCUT2D eigenvalue weighted by atomic mass is 10.1. The van der Waals surface area contributed by atoms with E-state index in [0.717, 1.165) is 36.9 Å². The van der Waals surface area contributed by atoms with Crippen LogP contribution in [-0.2, 0) is 4.79 Å². The number of aliphatic carboxylic acids is 1. The normalized spacial score (nSPS) is 10.6. The number of carbonyl (C=O) groups excluding carboxylic acids is 1. The summed E-state index contributed by atoms with van der Waals surface area (Å²) < 4.78 is 1.58. The molecule has 0 aliphatic rings. The van der Waals surface area contributed by atoms with Crippen LogP contribution in [0.1, 0.15) is 54.6 Å². The van der Waals surface area contributed by atoms with Crippen LogP contribution in [0.3, 0.4) is 0 Å². The lowest BCUT2D eigenvalue weighted by Crippen LogP contribution is -2.24. The number of carboxylic acid groups (broad SMARTS) is 1. The first-order chi connectivity index (χ1) is 12.1. The maximum absolute atomic E-state index is 12.1. The van der Waals surface area contributed by atoms with Gasteiger partial charge in [0.05, 0.1) is 11.9 Å². The van der Waals surface area contributed by atoms with Gasteiger partial charge in [-0.3, -0.25) is 9.59 Å². The minimum atomic E-state index is -0.744. The largest absolute Gasteiger partial charge is 0.481 e. The lowest BCUT2D eigenvalue weighted by Gasteiger charge is -2.03. The number of amides is 1. The van der Waals surface area contributed by atoms with Gasteiger partial charge >= 0.3 is 5.97 Å². The van der Waals surface area contributed by atoms with E-state index < -0.39 is 5.97 Å². The Morgan fingerprint density at radius 2 is 1.76 bits per heavy atom. The van der Waals surface area contributed by atoms with E-state index >= 15 is 0 Å². The van der Waals surface area contributed by atoms with Gasteiger partial charge in [0.1, 0.15) is 0 Å². The van der Waals surface area contributed by atoms with Gasteiger partial charge in [-0.15, -0.1) is 5.10 Å². The second-order valence-corrected chi connectivity index (χ2v) is 6.05. The van der Waals surface area contributed by atoms with Crippen LogP contribution < -0.4 is 5.32 Å². The molecule has 0 aliphatic heterocycles. The van der Waals surface area contributed by atoms with Crippen molar-refractivity contribution in [3.63, 3.8) is 0 Å². The summed E-state index contributed by atoms with van der Waals surface area (Å²) in [6.07, 6.45) is 6.28. The van der Waals surface area contributed by atoms with Gasteiger partial charge in [0.25, 0.3) is 5.91 Å². The summed E-state index contributed by atoms with van der Waals surface area (Å²) in [6, 6.07) is 7.81. The van der Waals surface area contributed by atoms with E-state index in [1.807, 2.05) is 31.2 Å². The van der Waals surface area contributed by atoms with Crippen LogP contribution in [0.2, 0.25) is 0 Å². The van der Waals surface area contributed by atoms with Crippen LogP contribution in [0.15, 0.2) is 30.5 Å². The molecule has 7 heteroatoms. The number of aromatic nitrogens is 3. The van der Waals surface area contributed by atoms with Crippen molar-refractivity contribution in [3.05, 3.63) is 41.7 Å². The Labute approximate surface area is 147 Å². The fourth-order valence-corrected chi connectivity index (χ4v) is 2.42. The number of nitrogens with one attached hydrogen (secondary N) is 1. The number of hydrogen-bond donors (Lipinski definition) is 2. The molecule has 1 amide bonds. The Balaban J connectivity index is 1.68. The van der Waals surface area contributed by atoms with E-state index in [2.05, 4.69) is 15.6 Å². The van der Waals surface area contributed by atoms with Gasteiger partial charge in [-0.2, -0.15) is 0 Å². The van der Waals surface area contributed by atoms with Gasteiger partial charge in [0.2, 0.25) is 0 Å². The smallest absolute Gasteiger partial charge is 0.303 e. The summed E-state index contributed by atoms with van der Waals surface area (Å²) in [5, 5.41) is 19.3. The van der Waals surface area contributed by atoms with Gasteiger partial charge in [-0.25, -0.2) is 4.68 Å². The molecule has 1 aromatic carbocycles. The highest BCUT2D eigenvalue weighted by Gasteiger charge is 2.10. The first-order valence-corrected chi connectivity index (χ1v) is 8.55. The molecule has 1 heterocycles. The summed E-state index contributed by atoms with van der Waals surface area (Å²) in [5.74, 6) is -0.977. The molecule has 0 aliphatic carbocycles. The first-order valence-electron chi connectivity index (χ1n) is 8.55. The molecule has 0 bridgehead atoms. The van der Waals surface area contributed by atoms with Crippen molar-refractivity contribution in [1.82, 2.24) is 20.3 Å². The van der Waals surface area contributed by atoms with Crippen molar-refractivity contribution in [2.45, 2.75) is 45.4 Å². The maximum atomic E-state index is 12.1. The molecular formula is C18H24N4O3. The van der Waals surface area contributed by atoms with Gasteiger partial charge in [0.15, 0.2) is 5.69 Å². The number of rotatable bonds is 10. The molecule has 0 unspecified atom stereocenters. The van der Waals surface area contributed by atoms with Crippen LogP contribution in [0.25, 0.3) is 5.69 Å². The van der Waals surface area contributed by atoms with Crippen molar-refractivity contribution in [2.24, 2.45) is 0 Å². The molecule has 2 N–H and O–H groups in total. The van der Waals surface area contributed by atoms with Crippen molar-refractivity contribution >= 4 is 11.9 Å². The van der Waals surface area contributed by atoms with Crippen LogP contribution in [0.5, 0.6) is 0 Å². The van der Waals surface area contributed by atoms with Gasteiger partial charge in [-0.05, 0) is 31.9 Å². The molecule has 134 valence electrons. The van der Waals surface area contributed by atoms with Crippen molar-refractivity contribution in [2.75, 3.05) is 6.54 Å². The van der Waals surface area contributed by atoms with E-state index in [0.29, 0.717) is 18.7 Å². The predicted octanol–water partition coefficient (Wildman–Crippen LogP) is 2.73. The summed E-state index contributed by atoms with van der Waals surface area (Å²) in [7, 11) is 0. The molecule has 0 atom stereocenters. The zero-order chi connectivity index (χ0) is 18.1. The van der Waals surface area contributed by atoms with Crippen LogP contribution >= 0.6 is 0 Å². The third-order valence-electron chi connectivity index (χ3n) is 3.88. The Kier molecular flexibility index (Phi) is 7.13. The van der Waals surface area contributed by atoms with Crippen LogP contribution in [0.4, 0.5) is 0 Å².